The van der Waals surface area contributed by atoms with Gasteiger partial charge in [-0.2, -0.15) is 0 Å². The van der Waals surface area contributed by atoms with Gasteiger partial charge in [0.25, 0.3) is 0 Å². The molecule has 2 aliphatic heterocycles. The molecule has 1 fully saturated rings. The Balaban J connectivity index is 1.56. The summed E-state index contributed by atoms with van der Waals surface area (Å²) in [5, 5.41) is 2.87. The molecule has 6 heteroatoms. The predicted octanol–water partition coefficient (Wildman–Crippen LogP) is 3.16. The second kappa shape index (κ2) is 6.19. The molecule has 0 saturated carbocycles. The lowest BCUT2D eigenvalue weighted by Crippen LogP contribution is -2.40. The zero-order valence-corrected chi connectivity index (χ0v) is 14.0. The van der Waals surface area contributed by atoms with Crippen molar-refractivity contribution in [2.45, 2.75) is 24.6 Å². The van der Waals surface area contributed by atoms with Crippen LogP contribution in [0.2, 0.25) is 0 Å². The Morgan fingerprint density at radius 1 is 1.23 bits per heavy atom. The number of carbonyl (C=O) groups excluding carboxylic acids is 2. The van der Waals surface area contributed by atoms with E-state index in [-0.39, 0.29) is 25.5 Å². The lowest BCUT2D eigenvalue weighted by atomic mass is 9.80. The first-order valence-electron chi connectivity index (χ1n) is 8.39. The number of rotatable bonds is 2. The molecule has 2 amide bonds. The van der Waals surface area contributed by atoms with Crippen LogP contribution in [0.25, 0.3) is 4.85 Å². The van der Waals surface area contributed by atoms with Crippen LogP contribution >= 0.6 is 0 Å². The summed E-state index contributed by atoms with van der Waals surface area (Å²) in [4.78, 5) is 30.2. The second-order valence-corrected chi connectivity index (χ2v) is 6.56. The van der Waals surface area contributed by atoms with Crippen molar-refractivity contribution in [1.82, 2.24) is 4.90 Å². The van der Waals surface area contributed by atoms with Gasteiger partial charge in [-0.05, 0) is 17.2 Å². The molecule has 0 aromatic heterocycles. The van der Waals surface area contributed by atoms with Crippen LogP contribution in [0, 0.1) is 6.57 Å². The maximum atomic E-state index is 12.7. The highest BCUT2D eigenvalue weighted by Crippen LogP contribution is 2.46. The minimum atomic E-state index is -0.877. The lowest BCUT2D eigenvalue weighted by molar-refractivity contribution is -0.120. The third-order valence-corrected chi connectivity index (χ3v) is 5.05. The number of hydrogen-bond acceptors (Lipinski definition) is 3. The number of amides is 2. The molecule has 2 heterocycles. The van der Waals surface area contributed by atoms with E-state index in [2.05, 4.69) is 10.2 Å². The van der Waals surface area contributed by atoms with Gasteiger partial charge >= 0.3 is 12.3 Å². The highest BCUT2D eigenvalue weighted by Gasteiger charge is 2.58. The number of anilines is 1. The molecule has 1 spiro atoms. The molecule has 0 aliphatic carbocycles. The van der Waals surface area contributed by atoms with Crippen LogP contribution in [0.5, 0.6) is 0 Å². The summed E-state index contributed by atoms with van der Waals surface area (Å²) in [6.07, 6.45) is -1.00. The first-order chi connectivity index (χ1) is 12.6. The molecule has 0 unspecified atom stereocenters. The third kappa shape index (κ3) is 2.49. The van der Waals surface area contributed by atoms with Gasteiger partial charge in [-0.25, -0.2) is 16.3 Å². The number of hydrogen-bond donors (Lipinski definition) is 1. The molecule has 1 saturated heterocycles. The molecule has 6 nitrogen and oxygen atoms in total. The number of nitrogens with one attached hydrogen (secondary N) is 1. The van der Waals surface area contributed by atoms with E-state index in [1.54, 1.807) is 0 Å². The Morgan fingerprint density at radius 3 is 2.73 bits per heavy atom. The average molecular weight is 347 g/mol. The summed E-state index contributed by atoms with van der Waals surface area (Å²) in [5.41, 5.74) is 1.59. The van der Waals surface area contributed by atoms with Gasteiger partial charge in [-0.15, -0.1) is 0 Å². The van der Waals surface area contributed by atoms with Crippen molar-refractivity contribution < 1.29 is 14.3 Å². The van der Waals surface area contributed by atoms with E-state index >= 15 is 0 Å². The van der Waals surface area contributed by atoms with Crippen LogP contribution < -0.4 is 5.32 Å². The van der Waals surface area contributed by atoms with Crippen molar-refractivity contribution in [1.29, 1.82) is 0 Å². The third-order valence-electron chi connectivity index (χ3n) is 5.05. The van der Waals surface area contributed by atoms with Gasteiger partial charge in [-0.1, -0.05) is 48.5 Å². The summed E-state index contributed by atoms with van der Waals surface area (Å²) in [5.74, 6) is -0.161. The van der Waals surface area contributed by atoms with E-state index < -0.39 is 17.7 Å². The minimum absolute atomic E-state index is 0.136. The molecular weight excluding hydrogens is 330 g/mol. The zero-order chi connectivity index (χ0) is 18.1. The van der Waals surface area contributed by atoms with Crippen LogP contribution in [0.15, 0.2) is 54.6 Å². The van der Waals surface area contributed by atoms with Crippen molar-refractivity contribution in [2.75, 3.05) is 11.9 Å². The molecule has 26 heavy (non-hydrogen) atoms. The molecule has 2 aliphatic rings. The number of likely N-dealkylation sites (tertiary alicyclic amines) is 1. The smallest absolute Gasteiger partial charge is 0.416 e. The van der Waals surface area contributed by atoms with Gasteiger partial charge in [0.15, 0.2) is 0 Å². The SMILES string of the molecule is [C-]#[N+][C@@H]1C[C@@]2(CN1C(=O)OCc1ccccc1)C(=O)Nc1ccccc12. The lowest BCUT2D eigenvalue weighted by Gasteiger charge is -2.20. The van der Waals surface area contributed by atoms with Crippen molar-refractivity contribution in [2.24, 2.45) is 0 Å². The number of nitrogens with zero attached hydrogens (tertiary/aromatic N) is 2. The summed E-state index contributed by atoms with van der Waals surface area (Å²) in [6, 6.07) is 16.8. The Hall–Kier alpha value is -3.33. The van der Waals surface area contributed by atoms with E-state index in [1.807, 2.05) is 54.6 Å². The summed E-state index contributed by atoms with van der Waals surface area (Å²) in [6.45, 7) is 7.75. The Bertz CT molecular complexity index is 906. The van der Waals surface area contributed by atoms with E-state index in [0.29, 0.717) is 0 Å². The zero-order valence-electron chi connectivity index (χ0n) is 14.0. The molecule has 2 atom stereocenters. The Morgan fingerprint density at radius 2 is 1.96 bits per heavy atom. The summed E-state index contributed by atoms with van der Waals surface area (Å²) >= 11 is 0. The fourth-order valence-electron chi connectivity index (χ4n) is 3.72. The standard InChI is InChI=1S/C20H17N3O3/c1-21-17-11-20(15-9-5-6-10-16(15)22-18(20)24)13-23(17)19(25)26-12-14-7-3-2-4-8-14/h2-10,17H,11-13H2,(H,22,24)/t17-,20-/m0/s1. The number of carbonyl (C=O) groups is 2. The fourth-order valence-corrected chi connectivity index (χ4v) is 3.72. The molecular formula is C20H17N3O3. The van der Waals surface area contributed by atoms with Crippen molar-refractivity contribution in [3.8, 4) is 0 Å². The number of ether oxygens (including phenoxy) is 1. The minimum Gasteiger partial charge on any atom is -0.444 e. The first-order valence-corrected chi connectivity index (χ1v) is 8.39. The molecule has 130 valence electrons. The Kier molecular flexibility index (Phi) is 3.85. The average Bonchev–Trinajstić information content (AvgIpc) is 3.20. The summed E-state index contributed by atoms with van der Waals surface area (Å²) < 4.78 is 5.38. The van der Waals surface area contributed by atoms with E-state index in [9.17, 15) is 9.59 Å². The normalized spacial score (nSPS) is 23.4. The van der Waals surface area contributed by atoms with Crippen LogP contribution in [0.1, 0.15) is 17.5 Å². The second-order valence-electron chi connectivity index (χ2n) is 6.56. The highest BCUT2D eigenvalue weighted by atomic mass is 16.6. The van der Waals surface area contributed by atoms with Gasteiger partial charge in [0.2, 0.25) is 5.91 Å². The molecule has 2 aromatic carbocycles. The number of fused-ring (bicyclic) bond motifs is 2. The Labute approximate surface area is 151 Å². The van der Waals surface area contributed by atoms with Crippen molar-refractivity contribution >= 4 is 17.7 Å². The first kappa shape index (κ1) is 16.2. The van der Waals surface area contributed by atoms with Gasteiger partial charge in [0.05, 0.1) is 13.0 Å². The van der Waals surface area contributed by atoms with Crippen LogP contribution in [-0.4, -0.2) is 29.6 Å². The van der Waals surface area contributed by atoms with Gasteiger partial charge < -0.3 is 10.1 Å². The molecule has 0 radical (unpaired) electrons. The monoisotopic (exact) mass is 347 g/mol. The van der Waals surface area contributed by atoms with Crippen LogP contribution in [0.3, 0.4) is 0 Å². The highest BCUT2D eigenvalue weighted by molar-refractivity contribution is 6.07. The van der Waals surface area contributed by atoms with Crippen LogP contribution in [0.4, 0.5) is 10.5 Å². The van der Waals surface area contributed by atoms with Crippen molar-refractivity contribution in [3.05, 3.63) is 77.1 Å². The quantitative estimate of drug-likeness (QED) is 0.849. The van der Waals surface area contributed by atoms with Crippen LogP contribution in [-0.2, 0) is 21.6 Å². The molecule has 1 N–H and O–H groups in total. The fraction of sp³-hybridized carbons (Fsp3) is 0.250. The maximum Gasteiger partial charge on any atom is 0.416 e. The van der Waals surface area contributed by atoms with E-state index in [0.717, 1.165) is 16.8 Å². The van der Waals surface area contributed by atoms with Gasteiger partial charge in [0, 0.05) is 5.69 Å². The van der Waals surface area contributed by atoms with Gasteiger partial charge in [0.1, 0.15) is 12.0 Å². The number of para-hydroxylation sites is 1. The maximum absolute atomic E-state index is 12.7. The molecule has 2 aromatic rings. The van der Waals surface area contributed by atoms with Crippen molar-refractivity contribution in [3.63, 3.8) is 0 Å². The summed E-state index contributed by atoms with van der Waals surface area (Å²) in [7, 11) is 0. The van der Waals surface area contributed by atoms with E-state index in [4.69, 9.17) is 11.3 Å². The largest absolute Gasteiger partial charge is 0.444 e. The topological polar surface area (TPSA) is 63.0 Å². The van der Waals surface area contributed by atoms with Gasteiger partial charge in [-0.3, -0.25) is 9.64 Å². The molecule has 4 rings (SSSR count). The predicted molar refractivity (Wildman–Crippen MR) is 95.1 cm³/mol. The molecule has 0 bridgehead atoms. The number of benzene rings is 2. The van der Waals surface area contributed by atoms with E-state index in [1.165, 1.54) is 4.90 Å².